The Labute approximate surface area is 121 Å². The maximum Gasteiger partial charge on any atom is 0.167 e. The standard InChI is InChI=1S/C16H13F2NO2/c17-13-5-6-16(15(18)10-13)21-8-2-7-20-14-4-1-3-12(9-14)11-19/h1,3-6,9-10H,2,7-8H2. The van der Waals surface area contributed by atoms with Gasteiger partial charge in [0.2, 0.25) is 0 Å². The monoisotopic (exact) mass is 289 g/mol. The lowest BCUT2D eigenvalue weighted by Crippen LogP contribution is -2.06. The lowest BCUT2D eigenvalue weighted by Gasteiger charge is -2.08. The first kappa shape index (κ1) is 14.8. The van der Waals surface area contributed by atoms with Crippen molar-refractivity contribution in [3.8, 4) is 17.6 Å². The Morgan fingerprint density at radius 3 is 2.57 bits per heavy atom. The van der Waals surface area contributed by atoms with Gasteiger partial charge in [-0.1, -0.05) is 6.07 Å². The predicted molar refractivity (Wildman–Crippen MR) is 73.1 cm³/mol. The largest absolute Gasteiger partial charge is 0.493 e. The fraction of sp³-hybridized carbons (Fsp3) is 0.188. The van der Waals surface area contributed by atoms with Gasteiger partial charge in [-0.3, -0.25) is 0 Å². The third-order valence-corrected chi connectivity index (χ3v) is 2.67. The number of rotatable bonds is 6. The van der Waals surface area contributed by atoms with Crippen molar-refractivity contribution in [2.75, 3.05) is 13.2 Å². The molecule has 0 aliphatic rings. The molecule has 0 aliphatic heterocycles. The molecule has 0 unspecified atom stereocenters. The van der Waals surface area contributed by atoms with E-state index in [0.717, 1.165) is 12.1 Å². The number of hydrogen-bond donors (Lipinski definition) is 0. The molecular formula is C16H13F2NO2. The second-order valence-electron chi connectivity index (χ2n) is 4.26. The number of nitrogens with zero attached hydrogens (tertiary/aromatic N) is 1. The highest BCUT2D eigenvalue weighted by Gasteiger charge is 2.04. The molecule has 0 aromatic heterocycles. The van der Waals surface area contributed by atoms with Crippen molar-refractivity contribution in [1.29, 1.82) is 5.26 Å². The molecule has 2 rings (SSSR count). The number of hydrogen-bond acceptors (Lipinski definition) is 3. The fourth-order valence-electron chi connectivity index (χ4n) is 1.68. The third-order valence-electron chi connectivity index (χ3n) is 2.67. The highest BCUT2D eigenvalue weighted by molar-refractivity contribution is 5.36. The Morgan fingerprint density at radius 1 is 1.00 bits per heavy atom. The normalized spacial score (nSPS) is 9.95. The summed E-state index contributed by atoms with van der Waals surface area (Å²) in [6.45, 7) is 0.623. The number of halogens is 2. The topological polar surface area (TPSA) is 42.2 Å². The second-order valence-corrected chi connectivity index (χ2v) is 4.26. The maximum atomic E-state index is 13.3. The van der Waals surface area contributed by atoms with E-state index in [1.54, 1.807) is 24.3 Å². The van der Waals surface area contributed by atoms with Crippen molar-refractivity contribution >= 4 is 0 Å². The summed E-state index contributed by atoms with van der Waals surface area (Å²) in [6.07, 6.45) is 0.535. The van der Waals surface area contributed by atoms with Gasteiger partial charge >= 0.3 is 0 Å². The SMILES string of the molecule is N#Cc1cccc(OCCCOc2ccc(F)cc2F)c1. The van der Waals surface area contributed by atoms with E-state index >= 15 is 0 Å². The molecule has 0 saturated heterocycles. The van der Waals surface area contributed by atoms with Crippen LogP contribution in [0.4, 0.5) is 8.78 Å². The number of nitriles is 1. The van der Waals surface area contributed by atoms with Crippen molar-refractivity contribution in [3.63, 3.8) is 0 Å². The van der Waals surface area contributed by atoms with Gasteiger partial charge in [-0.25, -0.2) is 8.78 Å². The van der Waals surface area contributed by atoms with Gasteiger partial charge in [0.15, 0.2) is 11.6 Å². The van der Waals surface area contributed by atoms with Gasteiger partial charge in [-0.05, 0) is 30.3 Å². The van der Waals surface area contributed by atoms with Crippen molar-refractivity contribution in [3.05, 3.63) is 59.7 Å². The fourth-order valence-corrected chi connectivity index (χ4v) is 1.68. The Bertz CT molecular complexity index is 653. The third kappa shape index (κ3) is 4.46. The summed E-state index contributed by atoms with van der Waals surface area (Å²) in [7, 11) is 0. The minimum Gasteiger partial charge on any atom is -0.493 e. The summed E-state index contributed by atoms with van der Waals surface area (Å²) in [6, 6.07) is 12.0. The lowest BCUT2D eigenvalue weighted by molar-refractivity contribution is 0.241. The lowest BCUT2D eigenvalue weighted by atomic mass is 10.2. The molecule has 2 aromatic rings. The molecule has 21 heavy (non-hydrogen) atoms. The van der Waals surface area contributed by atoms with Crippen LogP contribution < -0.4 is 9.47 Å². The first-order chi connectivity index (χ1) is 10.2. The van der Waals surface area contributed by atoms with E-state index in [1.807, 2.05) is 6.07 Å². The van der Waals surface area contributed by atoms with Crippen molar-refractivity contribution in [2.45, 2.75) is 6.42 Å². The van der Waals surface area contributed by atoms with Crippen molar-refractivity contribution in [1.82, 2.24) is 0 Å². The van der Waals surface area contributed by atoms with E-state index < -0.39 is 11.6 Å². The molecule has 5 heteroatoms. The van der Waals surface area contributed by atoms with Crippen LogP contribution in [0.3, 0.4) is 0 Å². The first-order valence-corrected chi connectivity index (χ1v) is 6.40. The van der Waals surface area contributed by atoms with Crippen LogP contribution in [0.5, 0.6) is 11.5 Å². The molecule has 0 fully saturated rings. The van der Waals surface area contributed by atoms with Crippen LogP contribution in [-0.2, 0) is 0 Å². The maximum absolute atomic E-state index is 13.3. The van der Waals surface area contributed by atoms with Gasteiger partial charge in [-0.2, -0.15) is 5.26 Å². The van der Waals surface area contributed by atoms with Crippen molar-refractivity contribution in [2.24, 2.45) is 0 Å². The number of ether oxygens (including phenoxy) is 2. The average Bonchev–Trinajstić information content (AvgIpc) is 2.49. The second kappa shape index (κ2) is 7.25. The Balaban J connectivity index is 1.74. The van der Waals surface area contributed by atoms with E-state index in [2.05, 4.69) is 0 Å². The van der Waals surface area contributed by atoms with Crippen LogP contribution in [0, 0.1) is 23.0 Å². The van der Waals surface area contributed by atoms with Crippen LogP contribution in [0.15, 0.2) is 42.5 Å². The smallest absolute Gasteiger partial charge is 0.167 e. The van der Waals surface area contributed by atoms with Gasteiger partial charge < -0.3 is 9.47 Å². The minimum atomic E-state index is -0.724. The Morgan fingerprint density at radius 2 is 1.81 bits per heavy atom. The number of benzene rings is 2. The molecule has 108 valence electrons. The molecule has 0 atom stereocenters. The average molecular weight is 289 g/mol. The predicted octanol–water partition coefficient (Wildman–Crippen LogP) is 3.68. The van der Waals surface area contributed by atoms with Gasteiger partial charge in [0.1, 0.15) is 11.6 Å². The molecule has 3 nitrogen and oxygen atoms in total. The highest BCUT2D eigenvalue weighted by atomic mass is 19.1. The molecule has 0 N–H and O–H groups in total. The van der Waals surface area contributed by atoms with Crippen molar-refractivity contribution < 1.29 is 18.3 Å². The molecule has 0 saturated carbocycles. The van der Waals surface area contributed by atoms with Gasteiger partial charge in [0.05, 0.1) is 24.8 Å². The molecule has 0 spiro atoms. The summed E-state index contributed by atoms with van der Waals surface area (Å²) < 4.78 is 36.6. The van der Waals surface area contributed by atoms with Gasteiger partial charge in [0, 0.05) is 12.5 Å². The van der Waals surface area contributed by atoms with E-state index in [9.17, 15) is 8.78 Å². The zero-order valence-corrected chi connectivity index (χ0v) is 11.2. The van der Waals surface area contributed by atoms with Crippen LogP contribution in [0.25, 0.3) is 0 Å². The molecule has 0 bridgehead atoms. The molecule has 0 radical (unpaired) electrons. The Hall–Kier alpha value is -2.61. The summed E-state index contributed by atoms with van der Waals surface area (Å²) in [5.41, 5.74) is 0.525. The van der Waals surface area contributed by atoms with E-state index in [0.29, 0.717) is 24.3 Å². The summed E-state index contributed by atoms with van der Waals surface area (Å²) >= 11 is 0. The summed E-state index contributed by atoms with van der Waals surface area (Å²) in [4.78, 5) is 0. The van der Waals surface area contributed by atoms with E-state index in [-0.39, 0.29) is 12.4 Å². The molecule has 0 amide bonds. The van der Waals surface area contributed by atoms with Crippen LogP contribution in [-0.4, -0.2) is 13.2 Å². The molecular weight excluding hydrogens is 276 g/mol. The zero-order chi connectivity index (χ0) is 15.1. The van der Waals surface area contributed by atoms with Gasteiger partial charge in [0.25, 0.3) is 0 Å². The van der Waals surface area contributed by atoms with Crippen LogP contribution in [0.1, 0.15) is 12.0 Å². The highest BCUT2D eigenvalue weighted by Crippen LogP contribution is 2.18. The summed E-state index contributed by atoms with van der Waals surface area (Å²) in [5.74, 6) is -0.747. The van der Waals surface area contributed by atoms with E-state index in [1.165, 1.54) is 6.07 Å². The van der Waals surface area contributed by atoms with Crippen LogP contribution >= 0.6 is 0 Å². The quantitative estimate of drug-likeness (QED) is 0.762. The van der Waals surface area contributed by atoms with Crippen LogP contribution in [0.2, 0.25) is 0 Å². The molecule has 0 heterocycles. The first-order valence-electron chi connectivity index (χ1n) is 6.40. The molecule has 2 aromatic carbocycles. The summed E-state index contributed by atoms with van der Waals surface area (Å²) in [5, 5.41) is 8.76. The van der Waals surface area contributed by atoms with E-state index in [4.69, 9.17) is 14.7 Å². The van der Waals surface area contributed by atoms with Gasteiger partial charge in [-0.15, -0.1) is 0 Å². The minimum absolute atomic E-state index is 0.0166. The Kier molecular flexibility index (Phi) is 5.10. The zero-order valence-electron chi connectivity index (χ0n) is 11.2. The molecule has 0 aliphatic carbocycles.